The number of hydrogen-bond donors (Lipinski definition) is 1. The van der Waals surface area contributed by atoms with Gasteiger partial charge in [-0.2, -0.15) is 0 Å². The summed E-state index contributed by atoms with van der Waals surface area (Å²) in [6, 6.07) is 1.43. The fraction of sp³-hybridized carbons (Fsp3) is 1.00. The molecule has 0 amide bonds. The molecule has 0 saturated heterocycles. The molecule has 0 aromatic heterocycles. The maximum atomic E-state index is 3.76. The molecule has 1 heteroatoms. The van der Waals surface area contributed by atoms with Crippen LogP contribution in [0.4, 0.5) is 0 Å². The van der Waals surface area contributed by atoms with Crippen molar-refractivity contribution in [1.82, 2.24) is 5.32 Å². The molecule has 1 nitrogen and oxygen atoms in total. The van der Waals surface area contributed by atoms with Crippen molar-refractivity contribution in [3.05, 3.63) is 0 Å². The van der Waals surface area contributed by atoms with E-state index in [-0.39, 0.29) is 0 Å². The van der Waals surface area contributed by atoms with Crippen molar-refractivity contribution in [2.75, 3.05) is 0 Å². The van der Waals surface area contributed by atoms with Gasteiger partial charge in [0.15, 0.2) is 0 Å². The van der Waals surface area contributed by atoms with E-state index >= 15 is 0 Å². The van der Waals surface area contributed by atoms with Gasteiger partial charge in [0, 0.05) is 12.1 Å². The number of hydrogen-bond acceptors (Lipinski definition) is 1. The zero-order chi connectivity index (χ0) is 11.7. The van der Waals surface area contributed by atoms with E-state index in [2.05, 4.69) is 39.9 Å². The van der Waals surface area contributed by atoms with Gasteiger partial charge < -0.3 is 5.32 Å². The topological polar surface area (TPSA) is 12.0 Å². The maximum Gasteiger partial charge on any atom is 0.00669 e. The van der Waals surface area contributed by atoms with Gasteiger partial charge >= 0.3 is 0 Å². The standard InChI is InChI=1S/C14H31N/c1-6-8-9-14(7-2)15-13(5)11-10-12(3)4/h12-15H,6-11H2,1-5H3. The molecule has 2 atom stereocenters. The fourth-order valence-corrected chi connectivity index (χ4v) is 1.92. The second kappa shape index (κ2) is 9.21. The molecule has 0 radical (unpaired) electrons. The maximum absolute atomic E-state index is 3.76. The second-order valence-electron chi connectivity index (χ2n) is 5.29. The molecule has 0 aromatic carbocycles. The van der Waals surface area contributed by atoms with Crippen LogP contribution < -0.4 is 5.32 Å². The highest BCUT2D eigenvalue weighted by Gasteiger charge is 2.09. The van der Waals surface area contributed by atoms with Crippen molar-refractivity contribution in [3.63, 3.8) is 0 Å². The summed E-state index contributed by atoms with van der Waals surface area (Å²) in [6.45, 7) is 11.5. The molecule has 0 aliphatic rings. The van der Waals surface area contributed by atoms with Crippen LogP contribution in [-0.2, 0) is 0 Å². The van der Waals surface area contributed by atoms with E-state index in [1.165, 1.54) is 38.5 Å². The highest BCUT2D eigenvalue weighted by Crippen LogP contribution is 2.10. The van der Waals surface area contributed by atoms with Gasteiger partial charge in [-0.1, -0.05) is 40.5 Å². The van der Waals surface area contributed by atoms with Gasteiger partial charge in [-0.25, -0.2) is 0 Å². The van der Waals surface area contributed by atoms with Crippen molar-refractivity contribution in [3.8, 4) is 0 Å². The van der Waals surface area contributed by atoms with Crippen molar-refractivity contribution in [2.45, 2.75) is 85.2 Å². The summed E-state index contributed by atoms with van der Waals surface area (Å²) >= 11 is 0. The Balaban J connectivity index is 3.64. The third-order valence-electron chi connectivity index (χ3n) is 3.10. The summed E-state index contributed by atoms with van der Waals surface area (Å²) < 4.78 is 0. The van der Waals surface area contributed by atoms with Crippen LogP contribution in [0.1, 0.15) is 73.1 Å². The first-order chi connectivity index (χ1) is 7.10. The predicted octanol–water partition coefficient (Wildman–Crippen LogP) is 4.37. The van der Waals surface area contributed by atoms with Gasteiger partial charge in [-0.15, -0.1) is 0 Å². The molecule has 0 bridgehead atoms. The second-order valence-corrected chi connectivity index (χ2v) is 5.29. The summed E-state index contributed by atoms with van der Waals surface area (Å²) in [5.74, 6) is 0.838. The molecular weight excluding hydrogens is 182 g/mol. The minimum atomic E-state index is 0.689. The predicted molar refractivity (Wildman–Crippen MR) is 70.3 cm³/mol. The zero-order valence-electron chi connectivity index (χ0n) is 11.5. The van der Waals surface area contributed by atoms with Gasteiger partial charge in [0.05, 0.1) is 0 Å². The highest BCUT2D eigenvalue weighted by molar-refractivity contribution is 4.70. The smallest absolute Gasteiger partial charge is 0.00669 e. The van der Waals surface area contributed by atoms with Crippen LogP contribution in [0.25, 0.3) is 0 Å². The van der Waals surface area contributed by atoms with E-state index in [4.69, 9.17) is 0 Å². The van der Waals surface area contributed by atoms with E-state index in [1.807, 2.05) is 0 Å². The Morgan fingerprint density at radius 2 is 1.60 bits per heavy atom. The first kappa shape index (κ1) is 15.0. The highest BCUT2D eigenvalue weighted by atomic mass is 14.9. The molecule has 92 valence electrons. The van der Waals surface area contributed by atoms with Crippen LogP contribution in [0.15, 0.2) is 0 Å². The van der Waals surface area contributed by atoms with Crippen molar-refractivity contribution in [1.29, 1.82) is 0 Å². The summed E-state index contributed by atoms with van der Waals surface area (Å²) in [5, 5.41) is 3.76. The third kappa shape index (κ3) is 8.92. The molecule has 0 aliphatic carbocycles. The van der Waals surface area contributed by atoms with E-state index in [0.29, 0.717) is 6.04 Å². The van der Waals surface area contributed by atoms with Crippen LogP contribution in [0.2, 0.25) is 0 Å². The quantitative estimate of drug-likeness (QED) is 0.600. The lowest BCUT2D eigenvalue weighted by atomic mass is 10.0. The minimum absolute atomic E-state index is 0.689. The largest absolute Gasteiger partial charge is 0.312 e. The number of unbranched alkanes of at least 4 members (excludes halogenated alkanes) is 1. The molecule has 0 aromatic rings. The first-order valence-electron chi connectivity index (χ1n) is 6.86. The Morgan fingerprint density at radius 3 is 2.07 bits per heavy atom. The Bertz CT molecular complexity index is 131. The zero-order valence-corrected chi connectivity index (χ0v) is 11.5. The lowest BCUT2D eigenvalue weighted by molar-refractivity contribution is 0.372. The summed E-state index contributed by atoms with van der Waals surface area (Å²) in [4.78, 5) is 0. The normalized spacial score (nSPS) is 15.6. The summed E-state index contributed by atoms with van der Waals surface area (Å²) in [5.41, 5.74) is 0. The van der Waals surface area contributed by atoms with Crippen LogP contribution in [0.3, 0.4) is 0 Å². The average Bonchev–Trinajstić information content (AvgIpc) is 2.21. The Labute approximate surface area is 97.0 Å². The molecule has 0 spiro atoms. The van der Waals surface area contributed by atoms with E-state index in [9.17, 15) is 0 Å². The lowest BCUT2D eigenvalue weighted by Gasteiger charge is -2.22. The van der Waals surface area contributed by atoms with Gasteiger partial charge in [-0.05, 0) is 38.5 Å². The van der Waals surface area contributed by atoms with Crippen LogP contribution in [-0.4, -0.2) is 12.1 Å². The van der Waals surface area contributed by atoms with Gasteiger partial charge in [-0.3, -0.25) is 0 Å². The number of rotatable bonds is 9. The SMILES string of the molecule is CCCCC(CC)NC(C)CCC(C)C. The average molecular weight is 213 g/mol. The van der Waals surface area contributed by atoms with Gasteiger partial charge in [0.2, 0.25) is 0 Å². The monoisotopic (exact) mass is 213 g/mol. The fourth-order valence-electron chi connectivity index (χ4n) is 1.92. The van der Waals surface area contributed by atoms with Crippen LogP contribution in [0, 0.1) is 5.92 Å². The Kier molecular flexibility index (Phi) is 9.18. The molecule has 1 N–H and O–H groups in total. The molecule has 15 heavy (non-hydrogen) atoms. The van der Waals surface area contributed by atoms with Gasteiger partial charge in [0.1, 0.15) is 0 Å². The van der Waals surface area contributed by atoms with Gasteiger partial charge in [0.25, 0.3) is 0 Å². The van der Waals surface area contributed by atoms with E-state index in [0.717, 1.165) is 12.0 Å². The molecule has 0 rings (SSSR count). The van der Waals surface area contributed by atoms with E-state index in [1.54, 1.807) is 0 Å². The Hall–Kier alpha value is -0.0400. The molecule has 0 fully saturated rings. The molecule has 0 saturated carbocycles. The van der Waals surface area contributed by atoms with Crippen molar-refractivity contribution in [2.24, 2.45) is 5.92 Å². The molecule has 2 unspecified atom stereocenters. The summed E-state index contributed by atoms with van der Waals surface area (Å²) in [6.07, 6.45) is 7.96. The third-order valence-corrected chi connectivity index (χ3v) is 3.10. The Morgan fingerprint density at radius 1 is 0.933 bits per heavy atom. The number of nitrogens with one attached hydrogen (secondary N) is 1. The molecule has 0 aliphatic heterocycles. The molecule has 0 heterocycles. The van der Waals surface area contributed by atoms with Crippen molar-refractivity contribution < 1.29 is 0 Å². The lowest BCUT2D eigenvalue weighted by Crippen LogP contribution is -2.36. The van der Waals surface area contributed by atoms with Crippen molar-refractivity contribution >= 4 is 0 Å². The summed E-state index contributed by atoms with van der Waals surface area (Å²) in [7, 11) is 0. The van der Waals surface area contributed by atoms with E-state index < -0.39 is 0 Å². The van der Waals surface area contributed by atoms with Crippen LogP contribution in [0.5, 0.6) is 0 Å². The molecular formula is C14H31N. The van der Waals surface area contributed by atoms with Crippen LogP contribution >= 0.6 is 0 Å². The first-order valence-corrected chi connectivity index (χ1v) is 6.86. The minimum Gasteiger partial charge on any atom is -0.312 e.